The maximum Gasteiger partial charge on any atom is 0.244 e. The fourth-order valence-electron chi connectivity index (χ4n) is 4.39. The molecule has 182 valence electrons. The number of nitrogens with zero attached hydrogens (tertiary/aromatic N) is 2. The van der Waals surface area contributed by atoms with E-state index in [9.17, 15) is 9.65 Å². The molecule has 1 atom stereocenters. The number of halogens is 1. The van der Waals surface area contributed by atoms with Crippen molar-refractivity contribution in [3.8, 4) is 34.7 Å². The van der Waals surface area contributed by atoms with Gasteiger partial charge < -0.3 is 19.9 Å². The van der Waals surface area contributed by atoms with Gasteiger partial charge in [0.2, 0.25) is 11.8 Å². The Morgan fingerprint density at radius 1 is 1.17 bits per heavy atom. The van der Waals surface area contributed by atoms with Crippen molar-refractivity contribution in [2.24, 2.45) is 5.73 Å². The molecule has 5 rings (SSSR count). The van der Waals surface area contributed by atoms with Crippen molar-refractivity contribution < 1.29 is 18.6 Å². The molecule has 3 heterocycles. The molecule has 2 aromatic heterocycles. The monoisotopic (exact) mass is 502 g/mol. The smallest absolute Gasteiger partial charge is 0.244 e. The van der Waals surface area contributed by atoms with Crippen LogP contribution in [0.15, 0.2) is 60.0 Å². The van der Waals surface area contributed by atoms with Gasteiger partial charge in [-0.3, -0.25) is 5.10 Å². The third kappa shape index (κ3) is 4.16. The Kier molecular flexibility index (Phi) is 6.12. The summed E-state index contributed by atoms with van der Waals surface area (Å²) in [5.41, 5.74) is 10.6. The minimum Gasteiger partial charge on any atom is -0.493 e. The van der Waals surface area contributed by atoms with E-state index in [2.05, 4.69) is 22.3 Å². The Morgan fingerprint density at radius 3 is 2.61 bits per heavy atom. The lowest BCUT2D eigenvalue weighted by Gasteiger charge is -2.25. The van der Waals surface area contributed by atoms with E-state index in [1.54, 1.807) is 36.6 Å². The predicted octanol–water partition coefficient (Wildman–Crippen LogP) is 5.70. The van der Waals surface area contributed by atoms with Crippen molar-refractivity contribution in [1.82, 2.24) is 10.2 Å². The highest BCUT2D eigenvalue weighted by atomic mass is 32.1. The third-order valence-electron chi connectivity index (χ3n) is 6.08. The molecule has 0 aliphatic carbocycles. The number of H-pyrrole nitrogens is 1. The number of aromatic nitrogens is 2. The van der Waals surface area contributed by atoms with Gasteiger partial charge in [-0.1, -0.05) is 18.2 Å². The fourth-order valence-corrected chi connectivity index (χ4v) is 5.32. The number of nitrogens with two attached hydrogens (primary N) is 1. The molecule has 0 unspecified atom stereocenters. The van der Waals surface area contributed by atoms with Crippen LogP contribution in [0, 0.1) is 31.0 Å². The van der Waals surface area contributed by atoms with Gasteiger partial charge >= 0.3 is 0 Å². The van der Waals surface area contributed by atoms with Crippen LogP contribution in [0.4, 0.5) is 4.39 Å². The van der Waals surface area contributed by atoms with E-state index in [0.29, 0.717) is 17.4 Å². The Hall–Kier alpha value is -4.29. The fraction of sp³-hybridized carbons (Fsp3) is 0.185. The number of benzene rings is 2. The van der Waals surface area contributed by atoms with Crippen LogP contribution in [-0.4, -0.2) is 17.3 Å². The number of aryl methyl sites for hydroxylation is 2. The van der Waals surface area contributed by atoms with Crippen molar-refractivity contribution in [2.45, 2.75) is 26.4 Å². The zero-order valence-electron chi connectivity index (χ0n) is 19.9. The second kappa shape index (κ2) is 9.40. The average molecular weight is 503 g/mol. The molecule has 0 saturated heterocycles. The molecular weight excluding hydrogens is 479 g/mol. The van der Waals surface area contributed by atoms with Gasteiger partial charge in [0.25, 0.3) is 0 Å². The molecule has 9 heteroatoms. The Bertz CT molecular complexity index is 1510. The number of ether oxygens (including phenoxy) is 3. The first kappa shape index (κ1) is 23.5. The average Bonchev–Trinajstić information content (AvgIpc) is 3.44. The van der Waals surface area contributed by atoms with Crippen molar-refractivity contribution >= 4 is 11.3 Å². The first-order chi connectivity index (χ1) is 17.4. The zero-order chi connectivity index (χ0) is 25.4. The molecule has 3 N–H and O–H groups in total. The molecule has 4 aromatic rings. The van der Waals surface area contributed by atoms with Crippen LogP contribution in [0.2, 0.25) is 0 Å². The number of allylic oxidation sites excluding steroid dienone is 1. The molecule has 0 spiro atoms. The van der Waals surface area contributed by atoms with Crippen molar-refractivity contribution in [2.75, 3.05) is 7.11 Å². The minimum atomic E-state index is -0.521. The summed E-state index contributed by atoms with van der Waals surface area (Å²) >= 11 is 1.69. The van der Waals surface area contributed by atoms with Gasteiger partial charge in [-0.15, -0.1) is 16.4 Å². The summed E-state index contributed by atoms with van der Waals surface area (Å²) in [6.07, 6.45) is 0. The first-order valence-electron chi connectivity index (χ1n) is 11.2. The minimum absolute atomic E-state index is 0.0156. The summed E-state index contributed by atoms with van der Waals surface area (Å²) in [6.45, 7) is 4.34. The van der Waals surface area contributed by atoms with Gasteiger partial charge in [0.15, 0.2) is 11.5 Å². The normalized spacial score (nSPS) is 14.7. The number of hydrogen-bond donors (Lipinski definition) is 2. The van der Waals surface area contributed by atoms with E-state index < -0.39 is 5.92 Å². The molecule has 36 heavy (non-hydrogen) atoms. The van der Waals surface area contributed by atoms with Crippen molar-refractivity contribution in [3.05, 3.63) is 92.2 Å². The highest BCUT2D eigenvalue weighted by Gasteiger charge is 2.36. The van der Waals surface area contributed by atoms with Gasteiger partial charge in [-0.2, -0.15) is 5.26 Å². The summed E-state index contributed by atoms with van der Waals surface area (Å²) in [5, 5.41) is 17.5. The molecule has 0 saturated carbocycles. The summed E-state index contributed by atoms with van der Waals surface area (Å²) in [4.78, 5) is 2.29. The molecule has 0 bridgehead atoms. The summed E-state index contributed by atoms with van der Waals surface area (Å²) in [5.74, 6) is 0.541. The lowest BCUT2D eigenvalue weighted by atomic mass is 9.83. The van der Waals surface area contributed by atoms with Crippen LogP contribution in [0.5, 0.6) is 17.4 Å². The first-order valence-corrected chi connectivity index (χ1v) is 12.0. The lowest BCUT2D eigenvalue weighted by Crippen LogP contribution is -2.21. The molecule has 1 aliphatic heterocycles. The van der Waals surface area contributed by atoms with Gasteiger partial charge in [0.05, 0.1) is 24.3 Å². The largest absolute Gasteiger partial charge is 0.493 e. The quantitative estimate of drug-likeness (QED) is 0.350. The van der Waals surface area contributed by atoms with Crippen LogP contribution in [0.25, 0.3) is 11.3 Å². The van der Waals surface area contributed by atoms with E-state index in [1.807, 2.05) is 26.0 Å². The summed E-state index contributed by atoms with van der Waals surface area (Å²) in [7, 11) is 1.55. The number of hydrogen-bond acceptors (Lipinski definition) is 7. The lowest BCUT2D eigenvalue weighted by molar-refractivity contribution is 0.284. The Balaban J connectivity index is 1.55. The van der Waals surface area contributed by atoms with Crippen LogP contribution < -0.4 is 19.9 Å². The second-order valence-corrected chi connectivity index (χ2v) is 9.86. The van der Waals surface area contributed by atoms with E-state index >= 15 is 0 Å². The predicted molar refractivity (Wildman–Crippen MR) is 134 cm³/mol. The molecule has 0 amide bonds. The number of thiophene rings is 1. The van der Waals surface area contributed by atoms with Crippen LogP contribution in [-0.2, 0) is 6.61 Å². The van der Waals surface area contributed by atoms with Gasteiger partial charge in [0.1, 0.15) is 24.1 Å². The number of rotatable bonds is 6. The number of nitrogens with one attached hydrogen (secondary N) is 1. The SMILES string of the molecule is COc1cc([C@H]2C(C#N)=C(N)Oc3n[nH]c(-c4cc(C)sc4C)c32)ccc1OCc1ccc(F)cc1. The molecule has 0 radical (unpaired) electrons. The Morgan fingerprint density at radius 2 is 1.94 bits per heavy atom. The molecule has 7 nitrogen and oxygen atoms in total. The van der Waals surface area contributed by atoms with E-state index in [-0.39, 0.29) is 23.9 Å². The van der Waals surface area contributed by atoms with Gasteiger partial charge in [-0.25, -0.2) is 4.39 Å². The van der Waals surface area contributed by atoms with Crippen LogP contribution >= 0.6 is 11.3 Å². The van der Waals surface area contributed by atoms with Crippen molar-refractivity contribution in [1.29, 1.82) is 5.26 Å². The highest BCUT2D eigenvalue weighted by molar-refractivity contribution is 7.12. The second-order valence-electron chi connectivity index (χ2n) is 8.39. The summed E-state index contributed by atoms with van der Waals surface area (Å²) < 4.78 is 30.5. The standard InChI is InChI=1S/C27H23FN4O3S/c1-14-10-19(15(2)36-14)25-24-23(20(12-29)26(30)35-27(24)32-31-25)17-6-9-21(22(11-17)33-3)34-13-16-4-7-18(28)8-5-16/h4-11,23H,13,30H2,1-3H3,(H,31,32)/t23-/m0/s1. The third-order valence-corrected chi connectivity index (χ3v) is 7.04. The topological polar surface area (TPSA) is 106 Å². The molecule has 0 fully saturated rings. The molecule has 2 aromatic carbocycles. The van der Waals surface area contributed by atoms with E-state index in [4.69, 9.17) is 19.9 Å². The van der Waals surface area contributed by atoms with Crippen molar-refractivity contribution in [3.63, 3.8) is 0 Å². The number of nitriles is 1. The number of methoxy groups -OCH3 is 1. The maximum atomic E-state index is 13.2. The molecule has 1 aliphatic rings. The van der Waals surface area contributed by atoms with Gasteiger partial charge in [-0.05, 0) is 55.3 Å². The zero-order valence-corrected chi connectivity index (χ0v) is 20.7. The van der Waals surface area contributed by atoms with E-state index in [0.717, 1.165) is 32.8 Å². The highest BCUT2D eigenvalue weighted by Crippen LogP contribution is 2.48. The molecular formula is C27H23FN4O3S. The Labute approximate surface area is 211 Å². The van der Waals surface area contributed by atoms with Crippen LogP contribution in [0.3, 0.4) is 0 Å². The van der Waals surface area contributed by atoms with Crippen LogP contribution in [0.1, 0.15) is 32.4 Å². The summed E-state index contributed by atoms with van der Waals surface area (Å²) in [6, 6.07) is 15.9. The van der Waals surface area contributed by atoms with E-state index in [1.165, 1.54) is 17.0 Å². The maximum absolute atomic E-state index is 13.2. The number of aromatic amines is 1. The van der Waals surface area contributed by atoms with Gasteiger partial charge in [0, 0.05) is 15.3 Å². The number of fused-ring (bicyclic) bond motifs is 1.